The van der Waals surface area contributed by atoms with Crippen molar-refractivity contribution in [3.63, 3.8) is 0 Å². The Balaban J connectivity index is 1.63. The number of Topliss-reactive ketones (excluding diaryl/α,β-unsaturated/α-hetero) is 2. The maximum absolute atomic E-state index is 14.6. The predicted molar refractivity (Wildman–Crippen MR) is 169 cm³/mol. The number of hydrogen-bond acceptors (Lipinski definition) is 10. The highest BCUT2D eigenvalue weighted by Gasteiger charge is 2.72. The van der Waals surface area contributed by atoms with Gasteiger partial charge >= 0.3 is 17.9 Å². The molecule has 46 heavy (non-hydrogen) atoms. The van der Waals surface area contributed by atoms with Crippen LogP contribution in [0.15, 0.2) is 23.2 Å². The van der Waals surface area contributed by atoms with Gasteiger partial charge in [0.05, 0.1) is 18.9 Å². The number of hydroxylamine groups is 1. The molecule has 10 heteroatoms. The van der Waals surface area contributed by atoms with Gasteiger partial charge in [-0.05, 0) is 64.0 Å². The first-order valence-electron chi connectivity index (χ1n) is 17.0. The smallest absolute Gasteiger partial charge is 0.332 e. The number of carbonyl (C=O) groups is 5. The van der Waals surface area contributed by atoms with Gasteiger partial charge in [-0.2, -0.15) is 0 Å². The molecule has 0 spiro atoms. The zero-order valence-electron chi connectivity index (χ0n) is 29.1. The summed E-state index contributed by atoms with van der Waals surface area (Å²) in [4.78, 5) is 73.1. The van der Waals surface area contributed by atoms with Crippen LogP contribution in [-0.2, 0) is 43.0 Å². The lowest BCUT2D eigenvalue weighted by Crippen LogP contribution is -2.69. The quantitative estimate of drug-likeness (QED) is 0.118. The van der Waals surface area contributed by atoms with Crippen molar-refractivity contribution in [3.8, 4) is 0 Å². The topological polar surface area (TPSA) is 134 Å². The number of rotatable bonds is 12. The molecule has 0 aromatic rings. The molecule has 4 rings (SSSR count). The van der Waals surface area contributed by atoms with Crippen molar-refractivity contribution in [2.75, 3.05) is 7.11 Å². The molecule has 1 heterocycles. The van der Waals surface area contributed by atoms with Gasteiger partial charge in [-0.1, -0.05) is 66.2 Å². The number of unbranched alkanes of at least 4 members (excludes halogenated alkanes) is 5. The summed E-state index contributed by atoms with van der Waals surface area (Å²) in [5.41, 5.74) is 0.446. The highest BCUT2D eigenvalue weighted by atomic mass is 16.7. The Labute approximate surface area is 273 Å². The zero-order chi connectivity index (χ0) is 34.2. The second kappa shape index (κ2) is 13.6. The summed E-state index contributed by atoms with van der Waals surface area (Å²) < 4.78 is 17.4. The van der Waals surface area contributed by atoms with Gasteiger partial charge < -0.3 is 19.0 Å². The number of ether oxygens (including phenoxy) is 3. The van der Waals surface area contributed by atoms with Crippen LogP contribution in [0, 0.1) is 39.9 Å². The third kappa shape index (κ3) is 6.30. The van der Waals surface area contributed by atoms with E-state index in [0.29, 0.717) is 24.8 Å². The molecule has 0 amide bonds. The molecule has 0 bridgehead atoms. The molecule has 8 atom stereocenters. The molecule has 1 saturated heterocycles. The van der Waals surface area contributed by atoms with Crippen molar-refractivity contribution in [1.82, 2.24) is 5.48 Å². The molecule has 0 aromatic heterocycles. The van der Waals surface area contributed by atoms with Crippen molar-refractivity contribution >= 4 is 29.5 Å². The summed E-state index contributed by atoms with van der Waals surface area (Å²) in [5, 5.41) is 0. The van der Waals surface area contributed by atoms with E-state index >= 15 is 0 Å². The van der Waals surface area contributed by atoms with E-state index in [-0.39, 0.29) is 47.4 Å². The van der Waals surface area contributed by atoms with Crippen molar-refractivity contribution in [1.29, 1.82) is 0 Å². The predicted octanol–water partition coefficient (Wildman–Crippen LogP) is 5.93. The minimum Gasteiger partial charge on any atom is -0.493 e. The first kappa shape index (κ1) is 35.8. The summed E-state index contributed by atoms with van der Waals surface area (Å²) in [5.74, 6) is -4.04. The molecule has 0 radical (unpaired) electrons. The molecular weight excluding hydrogens is 590 g/mol. The fourth-order valence-electron chi connectivity index (χ4n) is 8.54. The fraction of sp³-hybridized carbons (Fsp3) is 0.750. The van der Waals surface area contributed by atoms with E-state index in [2.05, 4.69) is 12.4 Å². The van der Waals surface area contributed by atoms with Crippen LogP contribution in [0.4, 0.5) is 0 Å². The second-order valence-electron chi connectivity index (χ2n) is 15.2. The van der Waals surface area contributed by atoms with E-state index in [1.807, 2.05) is 20.8 Å². The summed E-state index contributed by atoms with van der Waals surface area (Å²) in [6, 6.07) is -0.982. The van der Waals surface area contributed by atoms with Crippen LogP contribution in [-0.4, -0.2) is 48.7 Å². The van der Waals surface area contributed by atoms with Crippen molar-refractivity contribution in [2.24, 2.45) is 39.9 Å². The highest BCUT2D eigenvalue weighted by Crippen LogP contribution is 2.67. The standard InChI is InChI=1S/C36H53NO9/c1-10-11-12-13-14-15-16-24(37-46-33(42)34(4,5)6)32(41)44-25-17-20(2)22-18-26-35(7)23(19-27(38)45-26)21(3)29(43-9)28(39)30(35)36(22,8)31(25)40/h17,20,22-24,26,30,37H,10-16,18-19H2,1-9H3/t20-,22+,23+,24?,26-,30+,35-,36+/m1/s1. The first-order chi connectivity index (χ1) is 21.5. The number of nitrogens with one attached hydrogen (secondary N) is 1. The third-order valence-corrected chi connectivity index (χ3v) is 11.1. The molecule has 1 aliphatic heterocycles. The number of allylic oxidation sites excluding steroid dienone is 4. The van der Waals surface area contributed by atoms with Gasteiger partial charge in [0.1, 0.15) is 12.1 Å². The minimum absolute atomic E-state index is 0.0940. The summed E-state index contributed by atoms with van der Waals surface area (Å²) in [6.45, 7) is 14.8. The minimum atomic E-state index is -1.25. The van der Waals surface area contributed by atoms with E-state index < -0.39 is 52.0 Å². The SMILES string of the molecule is CCCCCCCCC(NOC(=O)C(C)(C)C)C(=O)OC1=C[C@@H](C)[C@@H]2C[C@H]3OC(=O)C[C@H]4C(C)=C(OC)C(=O)[C@H]([C@@]2(C)C1=O)[C@@]34C. The Morgan fingerprint density at radius 1 is 1.09 bits per heavy atom. The van der Waals surface area contributed by atoms with Gasteiger partial charge in [-0.25, -0.2) is 9.59 Å². The number of esters is 2. The van der Waals surface area contributed by atoms with E-state index in [0.717, 1.165) is 32.1 Å². The largest absolute Gasteiger partial charge is 0.493 e. The molecule has 256 valence electrons. The maximum atomic E-state index is 14.6. The van der Waals surface area contributed by atoms with Gasteiger partial charge in [0, 0.05) is 22.7 Å². The Kier molecular flexibility index (Phi) is 10.6. The van der Waals surface area contributed by atoms with Crippen molar-refractivity contribution < 1.29 is 43.0 Å². The molecule has 10 nitrogen and oxygen atoms in total. The number of methoxy groups -OCH3 is 1. The summed E-state index contributed by atoms with van der Waals surface area (Å²) in [6.07, 6.45) is 7.97. The molecule has 0 aromatic carbocycles. The lowest BCUT2D eigenvalue weighted by molar-refractivity contribution is -0.217. The maximum Gasteiger partial charge on any atom is 0.332 e. The molecule has 1 saturated carbocycles. The van der Waals surface area contributed by atoms with Gasteiger partial charge in [-0.15, -0.1) is 5.48 Å². The Morgan fingerprint density at radius 2 is 1.74 bits per heavy atom. The third-order valence-electron chi connectivity index (χ3n) is 11.1. The van der Waals surface area contributed by atoms with Gasteiger partial charge in [0.2, 0.25) is 11.6 Å². The molecule has 4 aliphatic rings. The summed E-state index contributed by atoms with van der Waals surface area (Å²) >= 11 is 0. The number of fused-ring (bicyclic) bond motifs is 2. The van der Waals surface area contributed by atoms with E-state index in [9.17, 15) is 24.0 Å². The summed E-state index contributed by atoms with van der Waals surface area (Å²) in [7, 11) is 1.43. The van der Waals surface area contributed by atoms with E-state index in [1.165, 1.54) is 7.11 Å². The average molecular weight is 644 g/mol. The Bertz CT molecular complexity index is 1310. The van der Waals surface area contributed by atoms with Crippen LogP contribution in [0.2, 0.25) is 0 Å². The van der Waals surface area contributed by atoms with Crippen LogP contribution >= 0.6 is 0 Å². The second-order valence-corrected chi connectivity index (χ2v) is 15.2. The lowest BCUT2D eigenvalue weighted by atomic mass is 9.40. The van der Waals surface area contributed by atoms with Crippen LogP contribution < -0.4 is 5.48 Å². The molecular formula is C36H53NO9. The van der Waals surface area contributed by atoms with E-state index in [4.69, 9.17) is 19.0 Å². The first-order valence-corrected chi connectivity index (χ1v) is 17.0. The van der Waals surface area contributed by atoms with E-state index in [1.54, 1.807) is 33.8 Å². The van der Waals surface area contributed by atoms with Crippen molar-refractivity contribution in [2.45, 2.75) is 125 Å². The Morgan fingerprint density at radius 3 is 2.37 bits per heavy atom. The molecule has 3 aliphatic carbocycles. The molecule has 1 unspecified atom stereocenters. The monoisotopic (exact) mass is 643 g/mol. The highest BCUT2D eigenvalue weighted by molar-refractivity contribution is 6.08. The molecule has 1 N–H and O–H groups in total. The van der Waals surface area contributed by atoms with Crippen molar-refractivity contribution in [3.05, 3.63) is 23.2 Å². The average Bonchev–Trinajstić information content (AvgIpc) is 2.97. The van der Waals surface area contributed by atoms with Gasteiger partial charge in [-0.3, -0.25) is 14.4 Å². The fourth-order valence-corrected chi connectivity index (χ4v) is 8.54. The lowest BCUT2D eigenvalue weighted by Gasteiger charge is -2.64. The number of carbonyl (C=O) groups excluding carboxylic acids is 5. The molecule has 2 fully saturated rings. The van der Waals surface area contributed by atoms with Crippen LogP contribution in [0.25, 0.3) is 0 Å². The van der Waals surface area contributed by atoms with Crippen LogP contribution in [0.3, 0.4) is 0 Å². The number of hydrogen-bond donors (Lipinski definition) is 1. The van der Waals surface area contributed by atoms with Gasteiger partial charge in [0.25, 0.3) is 0 Å². The van der Waals surface area contributed by atoms with Gasteiger partial charge in [0.15, 0.2) is 11.5 Å². The number of ketones is 2. The van der Waals surface area contributed by atoms with Crippen LogP contribution in [0.5, 0.6) is 0 Å². The Hall–Kier alpha value is -3.01. The van der Waals surface area contributed by atoms with Crippen LogP contribution in [0.1, 0.15) is 113 Å². The zero-order valence-corrected chi connectivity index (χ0v) is 29.1. The normalized spacial score (nSPS) is 32.9.